The number of nitrogens with zero attached hydrogens (tertiary/aromatic N) is 4. The van der Waals surface area contributed by atoms with Gasteiger partial charge in [0.2, 0.25) is 0 Å². The summed E-state index contributed by atoms with van der Waals surface area (Å²) in [6, 6.07) is 3.29. The van der Waals surface area contributed by atoms with E-state index in [0.29, 0.717) is 23.4 Å². The van der Waals surface area contributed by atoms with Crippen molar-refractivity contribution in [1.29, 1.82) is 0 Å². The number of halogens is 1. The van der Waals surface area contributed by atoms with E-state index in [-0.39, 0.29) is 11.9 Å². The summed E-state index contributed by atoms with van der Waals surface area (Å²) in [7, 11) is 1.60. The number of rotatable bonds is 4. The van der Waals surface area contributed by atoms with Gasteiger partial charge in [-0.05, 0) is 40.9 Å². The maximum atomic E-state index is 12.7. The van der Waals surface area contributed by atoms with Gasteiger partial charge in [0.15, 0.2) is 0 Å². The van der Waals surface area contributed by atoms with Gasteiger partial charge in [0.1, 0.15) is 5.65 Å². The number of H-pyrrole nitrogens is 1. The predicted octanol–water partition coefficient (Wildman–Crippen LogP) is 3.55. The van der Waals surface area contributed by atoms with E-state index in [1.54, 1.807) is 37.8 Å². The van der Waals surface area contributed by atoms with Crippen molar-refractivity contribution in [2.45, 2.75) is 18.9 Å². The lowest BCUT2D eigenvalue weighted by molar-refractivity contribution is 0.102. The highest BCUT2D eigenvalue weighted by molar-refractivity contribution is 9.10. The lowest BCUT2D eigenvalue weighted by atomic mass is 10.0. The smallest absolute Gasteiger partial charge is 0.407 e. The van der Waals surface area contributed by atoms with Gasteiger partial charge in [0, 0.05) is 44.9 Å². The van der Waals surface area contributed by atoms with E-state index < -0.39 is 6.09 Å². The third kappa shape index (κ3) is 3.82. The van der Waals surface area contributed by atoms with Gasteiger partial charge < -0.3 is 25.2 Å². The molecule has 2 amide bonds. The van der Waals surface area contributed by atoms with Crippen molar-refractivity contribution in [3.05, 3.63) is 47.0 Å². The zero-order valence-electron chi connectivity index (χ0n) is 16.3. The minimum absolute atomic E-state index is 0.112. The number of likely N-dealkylation sites (N-methyl/N-ethyl adjacent to an activating group) is 1. The second kappa shape index (κ2) is 8.31. The summed E-state index contributed by atoms with van der Waals surface area (Å²) in [4.78, 5) is 39.1. The van der Waals surface area contributed by atoms with Crippen molar-refractivity contribution in [3.8, 4) is 0 Å². The van der Waals surface area contributed by atoms with Crippen molar-refractivity contribution in [2.24, 2.45) is 0 Å². The Morgan fingerprint density at radius 2 is 2.23 bits per heavy atom. The van der Waals surface area contributed by atoms with Gasteiger partial charge in [-0.3, -0.25) is 9.78 Å². The van der Waals surface area contributed by atoms with Gasteiger partial charge in [-0.15, -0.1) is 0 Å². The predicted molar refractivity (Wildman–Crippen MR) is 117 cm³/mol. The SMILES string of the molecule is CN(C(=O)O)C1CCCN(c2c(Br)cnc3[nH]cc(NC(=O)c4cccnc4)c23)C1. The van der Waals surface area contributed by atoms with Crippen LogP contribution in [0, 0.1) is 0 Å². The molecule has 0 aromatic carbocycles. The van der Waals surface area contributed by atoms with Gasteiger partial charge >= 0.3 is 6.09 Å². The van der Waals surface area contributed by atoms with Gasteiger partial charge in [-0.25, -0.2) is 9.78 Å². The highest BCUT2D eigenvalue weighted by atomic mass is 79.9. The molecule has 4 rings (SSSR count). The summed E-state index contributed by atoms with van der Waals surface area (Å²) < 4.78 is 0.783. The molecule has 30 heavy (non-hydrogen) atoms. The number of aromatic amines is 1. The number of anilines is 2. The van der Waals surface area contributed by atoms with Crippen molar-refractivity contribution in [1.82, 2.24) is 19.9 Å². The normalized spacial score (nSPS) is 16.5. The summed E-state index contributed by atoms with van der Waals surface area (Å²) >= 11 is 3.60. The fourth-order valence-corrected chi connectivity index (χ4v) is 4.34. The Balaban J connectivity index is 1.70. The van der Waals surface area contributed by atoms with Crippen molar-refractivity contribution < 1.29 is 14.7 Å². The number of hydrogen-bond acceptors (Lipinski definition) is 5. The van der Waals surface area contributed by atoms with Crippen LogP contribution in [0.5, 0.6) is 0 Å². The largest absolute Gasteiger partial charge is 0.465 e. The highest BCUT2D eigenvalue weighted by Gasteiger charge is 2.29. The molecule has 0 spiro atoms. The van der Waals surface area contributed by atoms with E-state index in [9.17, 15) is 14.7 Å². The molecule has 0 radical (unpaired) electrons. The quantitative estimate of drug-likeness (QED) is 0.534. The average Bonchev–Trinajstić information content (AvgIpc) is 3.16. The molecule has 3 aromatic rings. The van der Waals surface area contributed by atoms with Crippen LogP contribution in [-0.2, 0) is 0 Å². The number of amides is 2. The third-order valence-corrected chi connectivity index (χ3v) is 5.94. The number of piperidine rings is 1. The van der Waals surface area contributed by atoms with Crippen LogP contribution >= 0.6 is 15.9 Å². The van der Waals surface area contributed by atoms with E-state index >= 15 is 0 Å². The zero-order valence-corrected chi connectivity index (χ0v) is 17.9. The molecule has 0 aliphatic carbocycles. The van der Waals surface area contributed by atoms with Gasteiger partial charge in [-0.2, -0.15) is 0 Å². The molecular formula is C20H21BrN6O3. The van der Waals surface area contributed by atoms with E-state index in [1.165, 1.54) is 11.1 Å². The first-order valence-corrected chi connectivity index (χ1v) is 10.3. The topological polar surface area (TPSA) is 114 Å². The monoisotopic (exact) mass is 472 g/mol. The van der Waals surface area contributed by atoms with Crippen LogP contribution in [0.3, 0.4) is 0 Å². The van der Waals surface area contributed by atoms with Crippen LogP contribution < -0.4 is 10.2 Å². The summed E-state index contributed by atoms with van der Waals surface area (Å²) in [5.41, 5.74) is 2.59. The number of nitrogens with one attached hydrogen (secondary N) is 2. The van der Waals surface area contributed by atoms with E-state index in [2.05, 4.69) is 41.1 Å². The molecule has 1 fully saturated rings. The second-order valence-electron chi connectivity index (χ2n) is 7.21. The average molecular weight is 473 g/mol. The minimum Gasteiger partial charge on any atom is -0.465 e. The maximum Gasteiger partial charge on any atom is 0.407 e. The zero-order chi connectivity index (χ0) is 21.3. The van der Waals surface area contributed by atoms with Crippen LogP contribution in [0.25, 0.3) is 11.0 Å². The number of carbonyl (C=O) groups is 2. The molecule has 1 aliphatic heterocycles. The fraction of sp³-hybridized carbons (Fsp3) is 0.300. The fourth-order valence-electron chi connectivity index (χ4n) is 3.79. The standard InChI is InChI=1S/C20H21BrN6O3/c1-26(20(29)30)13-5-3-7-27(11-13)17-14(21)9-23-18-16(17)15(10-24-18)25-19(28)12-4-2-6-22-8-12/h2,4,6,8-10,13H,3,5,7,11H2,1H3,(H,23,24)(H,25,28)(H,29,30). The molecule has 4 heterocycles. The number of carbonyl (C=O) groups excluding carboxylic acids is 1. The molecule has 1 atom stereocenters. The van der Waals surface area contributed by atoms with Gasteiger partial charge in [-0.1, -0.05) is 0 Å². The molecule has 10 heteroatoms. The molecular weight excluding hydrogens is 452 g/mol. The molecule has 0 bridgehead atoms. The number of hydrogen-bond donors (Lipinski definition) is 3. The first-order chi connectivity index (χ1) is 14.5. The van der Waals surface area contributed by atoms with Crippen molar-refractivity contribution in [3.63, 3.8) is 0 Å². The number of aromatic nitrogens is 3. The second-order valence-corrected chi connectivity index (χ2v) is 8.07. The number of pyridine rings is 2. The first kappa shape index (κ1) is 20.1. The summed E-state index contributed by atoms with van der Waals surface area (Å²) in [5.74, 6) is -0.267. The molecule has 1 saturated heterocycles. The Morgan fingerprint density at radius 1 is 1.40 bits per heavy atom. The summed E-state index contributed by atoms with van der Waals surface area (Å²) in [6.45, 7) is 1.34. The van der Waals surface area contributed by atoms with Crippen LogP contribution in [-0.4, -0.2) is 63.1 Å². The molecule has 1 aliphatic rings. The summed E-state index contributed by atoms with van der Waals surface area (Å²) in [5, 5.41) is 13.1. The van der Waals surface area contributed by atoms with E-state index in [0.717, 1.165) is 34.9 Å². The molecule has 156 valence electrons. The number of fused-ring (bicyclic) bond motifs is 1. The molecule has 1 unspecified atom stereocenters. The maximum absolute atomic E-state index is 12.7. The Morgan fingerprint density at radius 3 is 2.97 bits per heavy atom. The Labute approximate surface area is 181 Å². The van der Waals surface area contributed by atoms with Crippen LogP contribution in [0.2, 0.25) is 0 Å². The Hall–Kier alpha value is -3.14. The minimum atomic E-state index is -0.938. The van der Waals surface area contributed by atoms with E-state index in [4.69, 9.17) is 0 Å². The lowest BCUT2D eigenvalue weighted by Gasteiger charge is -2.38. The Bertz CT molecular complexity index is 1090. The van der Waals surface area contributed by atoms with Gasteiger partial charge in [0.25, 0.3) is 5.91 Å². The molecule has 3 aromatic heterocycles. The first-order valence-electron chi connectivity index (χ1n) is 9.53. The summed E-state index contributed by atoms with van der Waals surface area (Å²) in [6.07, 6.45) is 7.28. The van der Waals surface area contributed by atoms with E-state index in [1.807, 2.05) is 0 Å². The third-order valence-electron chi connectivity index (χ3n) is 5.36. The molecule has 0 saturated carbocycles. The lowest BCUT2D eigenvalue weighted by Crippen LogP contribution is -2.48. The number of carboxylic acid groups (broad SMARTS) is 1. The van der Waals surface area contributed by atoms with Crippen LogP contribution in [0.1, 0.15) is 23.2 Å². The van der Waals surface area contributed by atoms with Crippen molar-refractivity contribution in [2.75, 3.05) is 30.4 Å². The molecule has 9 nitrogen and oxygen atoms in total. The van der Waals surface area contributed by atoms with Crippen LogP contribution in [0.4, 0.5) is 16.2 Å². The molecule has 3 N–H and O–H groups in total. The van der Waals surface area contributed by atoms with Gasteiger partial charge in [0.05, 0.1) is 32.8 Å². The van der Waals surface area contributed by atoms with Crippen LogP contribution in [0.15, 0.2) is 41.4 Å². The highest BCUT2D eigenvalue weighted by Crippen LogP contribution is 2.39. The Kier molecular flexibility index (Phi) is 5.58. The van der Waals surface area contributed by atoms with Crippen molar-refractivity contribution >= 4 is 50.3 Å².